The number of benzene rings is 3. The summed E-state index contributed by atoms with van der Waals surface area (Å²) in [6.45, 7) is 11.1. The van der Waals surface area contributed by atoms with Gasteiger partial charge in [0.2, 0.25) is 0 Å². The van der Waals surface area contributed by atoms with E-state index in [1.807, 2.05) is 60.7 Å². The highest BCUT2D eigenvalue weighted by molar-refractivity contribution is 5.81. The Morgan fingerprint density at radius 3 is 1.45 bits per heavy atom. The fourth-order valence-electron chi connectivity index (χ4n) is 4.77. The Bertz CT molecular complexity index is 1600. The van der Waals surface area contributed by atoms with Crippen molar-refractivity contribution in [3.63, 3.8) is 0 Å². The van der Waals surface area contributed by atoms with Gasteiger partial charge in [-0.05, 0) is 111 Å². The third-order valence-corrected chi connectivity index (χ3v) is 7.57. The lowest BCUT2D eigenvalue weighted by molar-refractivity contribution is -0.138. The van der Waals surface area contributed by atoms with Crippen LogP contribution in [0.3, 0.4) is 0 Å². The molecule has 6 nitrogen and oxygen atoms in total. The highest BCUT2D eigenvalue weighted by atomic mass is 16.5. The van der Waals surface area contributed by atoms with Crippen LogP contribution < -0.4 is 9.47 Å². The van der Waals surface area contributed by atoms with Crippen molar-refractivity contribution < 1.29 is 28.5 Å². The number of carbonyl (C=O) groups is 2. The molecule has 3 aromatic rings. The normalized spacial score (nSPS) is 10.1. The maximum atomic E-state index is 11.0. The van der Waals surface area contributed by atoms with Gasteiger partial charge in [-0.15, -0.1) is 0 Å². The monoisotopic (exact) mass is 660 g/mol. The zero-order valence-electron chi connectivity index (χ0n) is 28.8. The summed E-state index contributed by atoms with van der Waals surface area (Å²) >= 11 is 0. The Balaban J connectivity index is 1.38. The summed E-state index contributed by atoms with van der Waals surface area (Å²) in [5.41, 5.74) is 4.98. The Labute approximate surface area is 292 Å². The predicted molar refractivity (Wildman–Crippen MR) is 196 cm³/mol. The van der Waals surface area contributed by atoms with Gasteiger partial charge in [-0.1, -0.05) is 69.4 Å². The fraction of sp³-hybridized carbons (Fsp3) is 0.349. The fourth-order valence-corrected chi connectivity index (χ4v) is 4.77. The van der Waals surface area contributed by atoms with Crippen LogP contribution in [0, 0.1) is 23.7 Å². The summed E-state index contributed by atoms with van der Waals surface area (Å²) in [6, 6.07) is 21.9. The van der Waals surface area contributed by atoms with Crippen molar-refractivity contribution in [2.75, 3.05) is 26.4 Å². The van der Waals surface area contributed by atoms with Crippen molar-refractivity contribution in [1.29, 1.82) is 0 Å². The maximum absolute atomic E-state index is 11.0. The van der Waals surface area contributed by atoms with Crippen LogP contribution in [0.15, 0.2) is 92.0 Å². The second-order valence-electron chi connectivity index (χ2n) is 11.4. The molecule has 0 heterocycles. The van der Waals surface area contributed by atoms with E-state index in [2.05, 4.69) is 49.8 Å². The van der Waals surface area contributed by atoms with E-state index < -0.39 is 0 Å². The Hall–Kier alpha value is -5.20. The summed E-state index contributed by atoms with van der Waals surface area (Å²) < 4.78 is 21.7. The molecular weight excluding hydrogens is 612 g/mol. The molecule has 0 saturated carbocycles. The zero-order valence-corrected chi connectivity index (χ0v) is 28.8. The van der Waals surface area contributed by atoms with Crippen molar-refractivity contribution in [2.45, 2.75) is 71.1 Å². The van der Waals surface area contributed by atoms with E-state index in [0.717, 1.165) is 104 Å². The largest absolute Gasteiger partial charge is 0.494 e. The number of ether oxygens (including phenoxy) is 4. The molecule has 256 valence electrons. The Morgan fingerprint density at radius 2 is 0.959 bits per heavy atom. The molecule has 0 aromatic heterocycles. The first-order chi connectivity index (χ1) is 24.0. The third-order valence-electron chi connectivity index (χ3n) is 7.57. The van der Waals surface area contributed by atoms with Crippen molar-refractivity contribution >= 4 is 11.9 Å². The SMILES string of the molecule is C=CC(=O)OCCCCCCCCOc1ccc(C#Cc2ccc(C#Cc3ccc(OCCCCCOC(=O)C=C)cc3)c(CC)c2)cc1. The lowest BCUT2D eigenvalue weighted by atomic mass is 10.0. The van der Waals surface area contributed by atoms with Gasteiger partial charge in [0.05, 0.1) is 26.4 Å². The number of rotatable bonds is 20. The van der Waals surface area contributed by atoms with E-state index in [1.165, 1.54) is 12.2 Å². The molecule has 0 radical (unpaired) electrons. The molecule has 0 aliphatic rings. The summed E-state index contributed by atoms with van der Waals surface area (Å²) in [7, 11) is 0. The molecule has 6 heteroatoms. The molecule has 49 heavy (non-hydrogen) atoms. The van der Waals surface area contributed by atoms with E-state index in [-0.39, 0.29) is 11.9 Å². The van der Waals surface area contributed by atoms with Gasteiger partial charge < -0.3 is 18.9 Å². The molecule has 0 fully saturated rings. The van der Waals surface area contributed by atoms with Gasteiger partial charge in [0, 0.05) is 34.4 Å². The first kappa shape index (κ1) is 38.2. The zero-order chi connectivity index (χ0) is 34.9. The Morgan fingerprint density at radius 1 is 0.551 bits per heavy atom. The quantitative estimate of drug-likeness (QED) is 0.0522. The lowest BCUT2D eigenvalue weighted by Crippen LogP contribution is -2.03. The molecule has 0 spiro atoms. The topological polar surface area (TPSA) is 71.1 Å². The highest BCUT2D eigenvalue weighted by Gasteiger charge is 2.02. The second-order valence-corrected chi connectivity index (χ2v) is 11.4. The molecule has 0 aliphatic carbocycles. The van der Waals surface area contributed by atoms with Crippen LogP contribution in [0.4, 0.5) is 0 Å². The molecule has 0 atom stereocenters. The van der Waals surface area contributed by atoms with Gasteiger partial charge >= 0.3 is 11.9 Å². The molecule has 0 saturated heterocycles. The van der Waals surface area contributed by atoms with Crippen molar-refractivity contribution in [3.8, 4) is 35.2 Å². The number of aryl methyl sites for hydroxylation is 1. The number of esters is 2. The molecule has 0 unspecified atom stereocenters. The molecule has 0 bridgehead atoms. The van der Waals surface area contributed by atoms with E-state index in [9.17, 15) is 9.59 Å². The van der Waals surface area contributed by atoms with Gasteiger partial charge in [-0.2, -0.15) is 0 Å². The molecule has 3 rings (SSSR count). The van der Waals surface area contributed by atoms with Crippen LogP contribution >= 0.6 is 0 Å². The van der Waals surface area contributed by atoms with Crippen LogP contribution in [-0.4, -0.2) is 38.4 Å². The molecule has 0 N–H and O–H groups in total. The Kier molecular flexibility index (Phi) is 18.1. The summed E-state index contributed by atoms with van der Waals surface area (Å²) in [4.78, 5) is 22.1. The van der Waals surface area contributed by atoms with Crippen molar-refractivity contribution in [2.24, 2.45) is 0 Å². The van der Waals surface area contributed by atoms with Crippen LogP contribution in [0.1, 0.15) is 92.5 Å². The van der Waals surface area contributed by atoms with E-state index in [1.54, 1.807) is 0 Å². The first-order valence-electron chi connectivity index (χ1n) is 17.2. The predicted octanol–water partition coefficient (Wildman–Crippen LogP) is 8.78. The number of carbonyl (C=O) groups excluding carboxylic acids is 2. The van der Waals surface area contributed by atoms with Gasteiger partial charge in [0.15, 0.2) is 0 Å². The van der Waals surface area contributed by atoms with Gasteiger partial charge in [0.25, 0.3) is 0 Å². The van der Waals surface area contributed by atoms with E-state index in [4.69, 9.17) is 18.9 Å². The summed E-state index contributed by atoms with van der Waals surface area (Å²) in [5, 5.41) is 0. The van der Waals surface area contributed by atoms with Crippen LogP contribution in [0.2, 0.25) is 0 Å². The summed E-state index contributed by atoms with van der Waals surface area (Å²) in [5.74, 6) is 14.1. The number of hydrogen-bond acceptors (Lipinski definition) is 6. The summed E-state index contributed by atoms with van der Waals surface area (Å²) in [6.07, 6.45) is 12.2. The van der Waals surface area contributed by atoms with E-state index in [0.29, 0.717) is 26.4 Å². The van der Waals surface area contributed by atoms with Crippen LogP contribution in [0.25, 0.3) is 0 Å². The molecule has 0 amide bonds. The average Bonchev–Trinajstić information content (AvgIpc) is 3.14. The van der Waals surface area contributed by atoms with E-state index >= 15 is 0 Å². The molecular formula is C43H48O6. The molecule has 0 aliphatic heterocycles. The average molecular weight is 661 g/mol. The van der Waals surface area contributed by atoms with Gasteiger partial charge in [0.1, 0.15) is 11.5 Å². The van der Waals surface area contributed by atoms with Crippen molar-refractivity contribution in [3.05, 3.63) is 120 Å². The number of unbranched alkanes of at least 4 members (excludes halogenated alkanes) is 7. The van der Waals surface area contributed by atoms with Crippen molar-refractivity contribution in [1.82, 2.24) is 0 Å². The highest BCUT2D eigenvalue weighted by Crippen LogP contribution is 2.16. The van der Waals surface area contributed by atoms with Gasteiger partial charge in [-0.25, -0.2) is 9.59 Å². The second kappa shape index (κ2) is 23.2. The van der Waals surface area contributed by atoms with Gasteiger partial charge in [-0.3, -0.25) is 0 Å². The number of hydrogen-bond donors (Lipinski definition) is 0. The smallest absolute Gasteiger partial charge is 0.330 e. The maximum Gasteiger partial charge on any atom is 0.330 e. The minimum absolute atomic E-state index is 0.352. The minimum Gasteiger partial charge on any atom is -0.494 e. The third kappa shape index (κ3) is 16.0. The first-order valence-corrected chi connectivity index (χ1v) is 17.2. The van der Waals surface area contributed by atoms with Crippen LogP contribution in [-0.2, 0) is 25.5 Å². The minimum atomic E-state index is -0.382. The standard InChI is InChI=1S/C43H48O6/c1-4-38-34-37(17-16-35-20-26-40(27-21-35)46-30-12-9-7-8-10-13-32-48-42(44)5-2)19-25-39(38)24-18-36-22-28-41(29-23-36)47-31-14-11-15-33-49-43(45)6-3/h5-6,19-23,25-29,34H,2-4,7-15,30-33H2,1H3. The molecule has 3 aromatic carbocycles. The van der Waals surface area contributed by atoms with Crippen LogP contribution in [0.5, 0.6) is 11.5 Å². The lowest BCUT2D eigenvalue weighted by Gasteiger charge is -2.06.